The molecule has 116 valence electrons. The molecule has 2 saturated heterocycles. The summed E-state index contributed by atoms with van der Waals surface area (Å²) in [6, 6.07) is 6.78. The van der Waals surface area contributed by atoms with Crippen molar-refractivity contribution in [2.75, 3.05) is 37.7 Å². The molecule has 5 heterocycles. The Hall–Kier alpha value is -1.52. The van der Waals surface area contributed by atoms with Crippen molar-refractivity contribution in [1.29, 1.82) is 0 Å². The van der Waals surface area contributed by atoms with Gasteiger partial charge in [-0.15, -0.1) is 0 Å². The van der Waals surface area contributed by atoms with Gasteiger partial charge in [0.05, 0.1) is 18.2 Å². The summed E-state index contributed by atoms with van der Waals surface area (Å²) >= 11 is 0. The molecule has 0 spiro atoms. The number of nitrogens with zero attached hydrogens (tertiary/aromatic N) is 2. The van der Waals surface area contributed by atoms with Crippen molar-refractivity contribution in [1.82, 2.24) is 9.88 Å². The zero-order valence-electron chi connectivity index (χ0n) is 13.1. The molecule has 1 unspecified atom stereocenters. The number of piperidine rings is 1. The number of aryl methyl sites for hydroxylation is 1. The Bertz CT molecular complexity index is 721. The molecule has 2 bridgehead atoms. The van der Waals surface area contributed by atoms with Gasteiger partial charge < -0.3 is 19.5 Å². The Morgan fingerprint density at radius 3 is 2.86 bits per heavy atom. The smallest absolute Gasteiger partial charge is 0.112 e. The number of rotatable bonds is 1. The van der Waals surface area contributed by atoms with Crippen molar-refractivity contribution in [2.24, 2.45) is 7.05 Å². The maximum absolute atomic E-state index is 6.04. The lowest BCUT2D eigenvalue weighted by atomic mass is 9.84. The number of anilines is 1. The van der Waals surface area contributed by atoms with E-state index < -0.39 is 0 Å². The number of hydrogen-bond acceptors (Lipinski definition) is 3. The van der Waals surface area contributed by atoms with E-state index >= 15 is 0 Å². The van der Waals surface area contributed by atoms with Gasteiger partial charge in [-0.1, -0.05) is 18.2 Å². The molecular formula is C18H23N3O. The van der Waals surface area contributed by atoms with E-state index in [0.717, 1.165) is 25.6 Å². The molecule has 1 atom stereocenters. The molecule has 1 aromatic carbocycles. The molecular weight excluding hydrogens is 274 g/mol. The molecule has 2 aromatic rings. The van der Waals surface area contributed by atoms with Crippen molar-refractivity contribution in [3.63, 3.8) is 0 Å². The molecule has 4 aliphatic rings. The van der Waals surface area contributed by atoms with Gasteiger partial charge in [0, 0.05) is 49.7 Å². The molecule has 4 nitrogen and oxygen atoms in total. The Morgan fingerprint density at radius 1 is 1.23 bits per heavy atom. The minimum absolute atomic E-state index is 0.181. The zero-order chi connectivity index (χ0) is 14.7. The number of morpholine rings is 1. The second-order valence-electron chi connectivity index (χ2n) is 6.86. The number of hydrogen-bond donors (Lipinski definition) is 1. The van der Waals surface area contributed by atoms with Crippen LogP contribution in [0.3, 0.4) is 0 Å². The lowest BCUT2D eigenvalue weighted by Crippen LogP contribution is -2.39. The Balaban J connectivity index is 1.75. The molecule has 6 rings (SSSR count). The van der Waals surface area contributed by atoms with Crippen LogP contribution in [-0.4, -0.2) is 37.4 Å². The standard InChI is InChI=1S/C18H23N3O/c1-20-17-13(15-11-19-7-10-22-15)3-2-4-14(17)16-12-5-8-21(9-6-12)18(16)20/h2-4,12,15,19H,5-11H2,1H3. The first-order valence-electron chi connectivity index (χ1n) is 8.53. The van der Waals surface area contributed by atoms with Gasteiger partial charge in [-0.2, -0.15) is 0 Å². The Kier molecular flexibility index (Phi) is 2.79. The highest BCUT2D eigenvalue weighted by atomic mass is 16.5. The van der Waals surface area contributed by atoms with Crippen molar-refractivity contribution >= 4 is 16.7 Å². The second-order valence-corrected chi connectivity index (χ2v) is 6.86. The maximum Gasteiger partial charge on any atom is 0.112 e. The molecule has 22 heavy (non-hydrogen) atoms. The molecule has 1 N–H and O–H groups in total. The van der Waals surface area contributed by atoms with Crippen molar-refractivity contribution in [2.45, 2.75) is 24.9 Å². The van der Waals surface area contributed by atoms with E-state index in [9.17, 15) is 0 Å². The van der Waals surface area contributed by atoms with Crippen LogP contribution in [0, 0.1) is 0 Å². The van der Waals surface area contributed by atoms with Gasteiger partial charge in [0.15, 0.2) is 0 Å². The van der Waals surface area contributed by atoms with Gasteiger partial charge in [0.2, 0.25) is 0 Å². The highest BCUT2D eigenvalue weighted by Crippen LogP contribution is 2.48. The maximum atomic E-state index is 6.04. The van der Waals surface area contributed by atoms with Crippen LogP contribution >= 0.6 is 0 Å². The summed E-state index contributed by atoms with van der Waals surface area (Å²) in [5.74, 6) is 2.22. The van der Waals surface area contributed by atoms with Crippen LogP contribution in [0.5, 0.6) is 0 Å². The van der Waals surface area contributed by atoms with Crippen LogP contribution in [0.1, 0.15) is 36.0 Å². The minimum atomic E-state index is 0.181. The summed E-state index contributed by atoms with van der Waals surface area (Å²) in [5.41, 5.74) is 4.34. The highest BCUT2D eigenvalue weighted by molar-refractivity contribution is 5.94. The van der Waals surface area contributed by atoms with Gasteiger partial charge in [0.1, 0.15) is 5.82 Å². The number of fused-ring (bicyclic) bond motifs is 3. The fraction of sp³-hybridized carbons (Fsp3) is 0.556. The lowest BCUT2D eigenvalue weighted by molar-refractivity contribution is 0.0284. The van der Waals surface area contributed by atoms with Gasteiger partial charge in [0.25, 0.3) is 0 Å². The summed E-state index contributed by atoms with van der Waals surface area (Å²) in [6.45, 7) is 5.13. The van der Waals surface area contributed by atoms with E-state index in [4.69, 9.17) is 4.74 Å². The Morgan fingerprint density at radius 2 is 2.09 bits per heavy atom. The normalized spacial score (nSPS) is 25.0. The van der Waals surface area contributed by atoms with E-state index in [2.05, 4.69) is 40.0 Å². The number of nitrogens with one attached hydrogen (secondary N) is 1. The third-order valence-corrected chi connectivity index (χ3v) is 5.73. The van der Waals surface area contributed by atoms with Gasteiger partial charge in [-0.3, -0.25) is 0 Å². The van der Waals surface area contributed by atoms with Crippen LogP contribution in [0.25, 0.3) is 10.9 Å². The Labute approximate surface area is 131 Å². The third kappa shape index (κ3) is 1.65. The first kappa shape index (κ1) is 13.0. The van der Waals surface area contributed by atoms with Crippen molar-refractivity contribution in [3.05, 3.63) is 29.3 Å². The van der Waals surface area contributed by atoms with Crippen LogP contribution in [0.2, 0.25) is 0 Å². The van der Waals surface area contributed by atoms with Crippen molar-refractivity contribution < 1.29 is 4.74 Å². The average Bonchev–Trinajstić information content (AvgIpc) is 2.92. The summed E-state index contributed by atoms with van der Waals surface area (Å²) in [4.78, 5) is 2.58. The molecule has 0 aliphatic carbocycles. The van der Waals surface area contributed by atoms with Crippen LogP contribution in [-0.2, 0) is 11.8 Å². The van der Waals surface area contributed by atoms with E-state index in [-0.39, 0.29) is 6.10 Å². The minimum Gasteiger partial charge on any atom is -0.371 e. The summed E-state index contributed by atoms with van der Waals surface area (Å²) in [5, 5.41) is 4.92. The molecule has 2 fully saturated rings. The van der Waals surface area contributed by atoms with Gasteiger partial charge >= 0.3 is 0 Å². The van der Waals surface area contributed by atoms with Crippen LogP contribution in [0.4, 0.5) is 5.82 Å². The largest absolute Gasteiger partial charge is 0.371 e. The molecule has 0 radical (unpaired) electrons. The first-order valence-corrected chi connectivity index (χ1v) is 8.53. The zero-order valence-corrected chi connectivity index (χ0v) is 13.1. The lowest BCUT2D eigenvalue weighted by Gasteiger charge is -2.41. The van der Waals surface area contributed by atoms with Crippen LogP contribution in [0.15, 0.2) is 18.2 Å². The number of para-hydroxylation sites is 1. The number of ether oxygens (including phenoxy) is 1. The van der Waals surface area contributed by atoms with E-state index in [1.165, 1.54) is 48.2 Å². The van der Waals surface area contributed by atoms with E-state index in [1.54, 1.807) is 5.56 Å². The van der Waals surface area contributed by atoms with Gasteiger partial charge in [-0.25, -0.2) is 0 Å². The second kappa shape index (κ2) is 4.74. The van der Waals surface area contributed by atoms with E-state index in [1.807, 2.05) is 0 Å². The van der Waals surface area contributed by atoms with E-state index in [0.29, 0.717) is 0 Å². The average molecular weight is 297 g/mol. The monoisotopic (exact) mass is 297 g/mol. The SMILES string of the molecule is Cn1c2c(c3cccc(C4CNCCO4)c31)C1CCN2CC1. The topological polar surface area (TPSA) is 29.4 Å². The van der Waals surface area contributed by atoms with Crippen molar-refractivity contribution in [3.8, 4) is 0 Å². The number of aromatic nitrogens is 1. The molecule has 0 saturated carbocycles. The number of benzene rings is 1. The molecule has 1 aromatic heterocycles. The predicted octanol–water partition coefficient (Wildman–Crippen LogP) is 2.54. The fourth-order valence-corrected chi connectivity index (χ4v) is 4.75. The molecule has 4 heteroatoms. The van der Waals surface area contributed by atoms with Gasteiger partial charge in [-0.05, 0) is 18.8 Å². The molecule has 4 aliphatic heterocycles. The third-order valence-electron chi connectivity index (χ3n) is 5.73. The highest BCUT2D eigenvalue weighted by Gasteiger charge is 2.36. The molecule has 0 amide bonds. The fourth-order valence-electron chi connectivity index (χ4n) is 4.75. The first-order chi connectivity index (χ1) is 10.8. The summed E-state index contributed by atoms with van der Waals surface area (Å²) in [7, 11) is 2.24. The quantitative estimate of drug-likeness (QED) is 0.877. The van der Waals surface area contributed by atoms with Crippen LogP contribution < -0.4 is 10.2 Å². The predicted molar refractivity (Wildman–Crippen MR) is 88.7 cm³/mol. The summed E-state index contributed by atoms with van der Waals surface area (Å²) in [6.07, 6.45) is 2.82. The summed E-state index contributed by atoms with van der Waals surface area (Å²) < 4.78 is 8.47.